The van der Waals surface area contributed by atoms with E-state index in [1.165, 1.54) is 5.56 Å². The molecule has 1 heterocycles. The molecule has 0 spiro atoms. The molecule has 0 aliphatic heterocycles. The Balaban J connectivity index is 2.68. The Kier molecular flexibility index (Phi) is 2.64. The van der Waals surface area contributed by atoms with Crippen LogP contribution in [-0.4, -0.2) is 14.8 Å². The molecule has 2 rings (SSSR count). The molecule has 0 aliphatic carbocycles. The van der Waals surface area contributed by atoms with Gasteiger partial charge in [0.1, 0.15) is 0 Å². The van der Waals surface area contributed by atoms with Gasteiger partial charge in [-0.25, -0.2) is 9.89 Å². The molecule has 0 atom stereocenters. The molecule has 1 N–H and O–H groups in total. The van der Waals surface area contributed by atoms with Crippen LogP contribution in [0.4, 0.5) is 0 Å². The summed E-state index contributed by atoms with van der Waals surface area (Å²) in [4.78, 5) is 11.5. The van der Waals surface area contributed by atoms with Gasteiger partial charge < -0.3 is 0 Å². The summed E-state index contributed by atoms with van der Waals surface area (Å²) in [5.41, 5.74) is 3.23. The van der Waals surface area contributed by atoms with Crippen molar-refractivity contribution in [3.8, 4) is 11.4 Å². The van der Waals surface area contributed by atoms with Crippen LogP contribution in [0.1, 0.15) is 18.1 Å². The average molecular weight is 217 g/mol. The zero-order valence-corrected chi connectivity index (χ0v) is 9.74. The van der Waals surface area contributed by atoms with Gasteiger partial charge in [-0.2, -0.15) is 5.10 Å². The van der Waals surface area contributed by atoms with Gasteiger partial charge in [-0.3, -0.25) is 4.57 Å². The average Bonchev–Trinajstić information content (AvgIpc) is 2.63. The summed E-state index contributed by atoms with van der Waals surface area (Å²) in [6.45, 7) is 6.66. The number of rotatable bonds is 2. The minimum Gasteiger partial charge on any atom is -0.275 e. The molecule has 4 heteroatoms. The first-order chi connectivity index (χ1) is 7.65. The van der Waals surface area contributed by atoms with Crippen LogP contribution in [0.5, 0.6) is 0 Å². The molecule has 1 aromatic heterocycles. The fraction of sp³-hybridized carbons (Fsp3) is 0.333. The maximum Gasteiger partial charge on any atom is 0.343 e. The van der Waals surface area contributed by atoms with Crippen molar-refractivity contribution >= 4 is 0 Å². The molecule has 0 saturated carbocycles. The van der Waals surface area contributed by atoms with E-state index in [0.717, 1.165) is 11.1 Å². The van der Waals surface area contributed by atoms with E-state index >= 15 is 0 Å². The number of aryl methyl sites for hydroxylation is 1. The van der Waals surface area contributed by atoms with Gasteiger partial charge in [0.05, 0.1) is 0 Å². The van der Waals surface area contributed by atoms with Crippen molar-refractivity contribution in [3.63, 3.8) is 0 Å². The predicted octanol–water partition coefficient (Wildman–Crippen LogP) is 1.88. The highest BCUT2D eigenvalue weighted by Crippen LogP contribution is 2.22. The molecular formula is C12H15N3O. The molecule has 0 radical (unpaired) electrons. The quantitative estimate of drug-likeness (QED) is 0.835. The lowest BCUT2D eigenvalue weighted by Crippen LogP contribution is -2.16. The zero-order chi connectivity index (χ0) is 11.7. The zero-order valence-electron chi connectivity index (χ0n) is 9.74. The standard InChI is InChI=1S/C12H15N3O/c1-4-15-11(13-14-12(15)16)10-7-5-6-8(2)9(10)3/h5-7H,4H2,1-3H3,(H,14,16). The molecule has 0 unspecified atom stereocenters. The first-order valence-corrected chi connectivity index (χ1v) is 5.37. The number of nitrogens with one attached hydrogen (secondary N) is 1. The number of hydrogen-bond acceptors (Lipinski definition) is 2. The summed E-state index contributed by atoms with van der Waals surface area (Å²) >= 11 is 0. The van der Waals surface area contributed by atoms with Crippen LogP contribution in [-0.2, 0) is 6.54 Å². The van der Waals surface area contributed by atoms with Crippen LogP contribution in [0.25, 0.3) is 11.4 Å². The third kappa shape index (κ3) is 1.56. The van der Waals surface area contributed by atoms with Gasteiger partial charge in [-0.05, 0) is 31.9 Å². The fourth-order valence-corrected chi connectivity index (χ4v) is 1.81. The molecule has 0 amide bonds. The van der Waals surface area contributed by atoms with Crippen LogP contribution < -0.4 is 5.69 Å². The summed E-state index contributed by atoms with van der Waals surface area (Å²) in [6.07, 6.45) is 0. The summed E-state index contributed by atoms with van der Waals surface area (Å²) in [6, 6.07) is 6.03. The van der Waals surface area contributed by atoms with Gasteiger partial charge >= 0.3 is 5.69 Å². The Hall–Kier alpha value is -1.84. The SMILES string of the molecule is CCn1c(-c2cccc(C)c2C)n[nH]c1=O. The second-order valence-electron chi connectivity index (χ2n) is 3.84. The lowest BCUT2D eigenvalue weighted by molar-refractivity contribution is 0.736. The highest BCUT2D eigenvalue weighted by molar-refractivity contribution is 5.61. The minimum atomic E-state index is -0.154. The number of aromatic amines is 1. The topological polar surface area (TPSA) is 50.7 Å². The lowest BCUT2D eigenvalue weighted by atomic mass is 10.0. The van der Waals surface area contributed by atoms with Crippen molar-refractivity contribution in [1.82, 2.24) is 14.8 Å². The number of H-pyrrole nitrogens is 1. The Morgan fingerprint density at radius 2 is 2.12 bits per heavy atom. The Morgan fingerprint density at radius 3 is 2.81 bits per heavy atom. The monoisotopic (exact) mass is 217 g/mol. The summed E-state index contributed by atoms with van der Waals surface area (Å²) in [5.74, 6) is 0.716. The molecule has 2 aromatic rings. The number of benzene rings is 1. The van der Waals surface area contributed by atoms with E-state index in [4.69, 9.17) is 0 Å². The van der Waals surface area contributed by atoms with Crippen molar-refractivity contribution in [2.75, 3.05) is 0 Å². The Bertz CT molecular complexity index is 566. The minimum absolute atomic E-state index is 0.154. The van der Waals surface area contributed by atoms with Crippen molar-refractivity contribution < 1.29 is 0 Å². The smallest absolute Gasteiger partial charge is 0.275 e. The maximum absolute atomic E-state index is 11.5. The molecule has 84 valence electrons. The van der Waals surface area contributed by atoms with Crippen molar-refractivity contribution in [2.45, 2.75) is 27.3 Å². The molecule has 1 aromatic carbocycles. The highest BCUT2D eigenvalue weighted by atomic mass is 16.1. The second kappa shape index (κ2) is 3.96. The van der Waals surface area contributed by atoms with E-state index in [-0.39, 0.29) is 5.69 Å². The summed E-state index contributed by atoms with van der Waals surface area (Å²) in [7, 11) is 0. The summed E-state index contributed by atoms with van der Waals surface area (Å²) in [5, 5.41) is 6.57. The Morgan fingerprint density at radius 1 is 1.38 bits per heavy atom. The van der Waals surface area contributed by atoms with E-state index in [0.29, 0.717) is 12.4 Å². The Labute approximate surface area is 93.9 Å². The van der Waals surface area contributed by atoms with Crippen molar-refractivity contribution in [2.24, 2.45) is 0 Å². The molecule has 0 saturated heterocycles. The van der Waals surface area contributed by atoms with Gasteiger partial charge in [0.25, 0.3) is 0 Å². The van der Waals surface area contributed by atoms with Crippen molar-refractivity contribution in [3.05, 3.63) is 39.8 Å². The summed E-state index contributed by atoms with van der Waals surface area (Å²) < 4.78 is 1.64. The molecular weight excluding hydrogens is 202 g/mol. The van der Waals surface area contributed by atoms with E-state index in [1.807, 2.05) is 26.0 Å². The van der Waals surface area contributed by atoms with E-state index in [2.05, 4.69) is 23.2 Å². The van der Waals surface area contributed by atoms with Gasteiger partial charge in [0.2, 0.25) is 0 Å². The molecule has 16 heavy (non-hydrogen) atoms. The van der Waals surface area contributed by atoms with Crippen LogP contribution in [0.2, 0.25) is 0 Å². The van der Waals surface area contributed by atoms with Gasteiger partial charge in [-0.1, -0.05) is 18.2 Å². The maximum atomic E-state index is 11.5. The third-order valence-corrected chi connectivity index (χ3v) is 2.92. The molecule has 0 bridgehead atoms. The predicted molar refractivity (Wildman–Crippen MR) is 63.4 cm³/mol. The lowest BCUT2D eigenvalue weighted by Gasteiger charge is -2.08. The van der Waals surface area contributed by atoms with E-state index in [1.54, 1.807) is 4.57 Å². The molecule has 0 fully saturated rings. The van der Waals surface area contributed by atoms with E-state index < -0.39 is 0 Å². The van der Waals surface area contributed by atoms with Crippen LogP contribution in [0, 0.1) is 13.8 Å². The molecule has 0 aliphatic rings. The number of nitrogens with zero attached hydrogens (tertiary/aromatic N) is 2. The third-order valence-electron chi connectivity index (χ3n) is 2.92. The number of aromatic nitrogens is 3. The van der Waals surface area contributed by atoms with Crippen LogP contribution in [0.3, 0.4) is 0 Å². The fourth-order valence-electron chi connectivity index (χ4n) is 1.81. The van der Waals surface area contributed by atoms with Crippen LogP contribution in [0.15, 0.2) is 23.0 Å². The second-order valence-corrected chi connectivity index (χ2v) is 3.84. The largest absolute Gasteiger partial charge is 0.343 e. The number of hydrogen-bond donors (Lipinski definition) is 1. The molecule has 4 nitrogen and oxygen atoms in total. The van der Waals surface area contributed by atoms with Gasteiger partial charge in [0, 0.05) is 12.1 Å². The normalized spacial score (nSPS) is 10.7. The highest BCUT2D eigenvalue weighted by Gasteiger charge is 2.11. The van der Waals surface area contributed by atoms with Crippen molar-refractivity contribution in [1.29, 1.82) is 0 Å². The van der Waals surface area contributed by atoms with Crippen LogP contribution >= 0.6 is 0 Å². The first-order valence-electron chi connectivity index (χ1n) is 5.37. The van der Waals surface area contributed by atoms with E-state index in [9.17, 15) is 4.79 Å². The first kappa shape index (κ1) is 10.7. The van der Waals surface area contributed by atoms with Gasteiger partial charge in [-0.15, -0.1) is 0 Å². The van der Waals surface area contributed by atoms with Gasteiger partial charge in [0.15, 0.2) is 5.82 Å².